The number of hydrogen-bond donors (Lipinski definition) is 0. The van der Waals surface area contributed by atoms with Crippen LogP contribution in [-0.2, 0) is 0 Å². The molecule has 9 aromatic carbocycles. The van der Waals surface area contributed by atoms with Gasteiger partial charge in [0.05, 0.1) is 0 Å². The van der Waals surface area contributed by atoms with E-state index in [0.29, 0.717) is 0 Å². The maximum Gasteiger partial charge on any atom is 0.136 e. The summed E-state index contributed by atoms with van der Waals surface area (Å²) in [5.41, 5.74) is 8.47. The molecule has 11 rings (SSSR count). The molecule has 2 heterocycles. The van der Waals surface area contributed by atoms with Gasteiger partial charge in [-0.15, -0.1) is 0 Å². The maximum atomic E-state index is 6.43. The lowest BCUT2D eigenvalue weighted by atomic mass is 9.88. The van der Waals surface area contributed by atoms with E-state index in [2.05, 4.69) is 146 Å². The van der Waals surface area contributed by atoms with Crippen molar-refractivity contribution in [1.82, 2.24) is 0 Å². The molecule has 0 saturated carbocycles. The second kappa shape index (κ2) is 9.57. The Hall–Kier alpha value is -6.38. The molecule has 0 amide bonds. The highest BCUT2D eigenvalue weighted by atomic mass is 16.3. The summed E-state index contributed by atoms with van der Waals surface area (Å²) in [6.07, 6.45) is 0. The van der Waals surface area contributed by atoms with Crippen LogP contribution in [0.4, 0.5) is 0 Å². The van der Waals surface area contributed by atoms with Crippen molar-refractivity contribution in [2.24, 2.45) is 0 Å². The summed E-state index contributed by atoms with van der Waals surface area (Å²) in [7, 11) is 0. The van der Waals surface area contributed by atoms with Crippen molar-refractivity contribution >= 4 is 87.0 Å². The van der Waals surface area contributed by atoms with Crippen LogP contribution >= 0.6 is 0 Å². The van der Waals surface area contributed by atoms with Crippen molar-refractivity contribution in [3.63, 3.8) is 0 Å². The van der Waals surface area contributed by atoms with Gasteiger partial charge in [-0.25, -0.2) is 0 Å². The zero-order valence-corrected chi connectivity index (χ0v) is 25.8. The van der Waals surface area contributed by atoms with Gasteiger partial charge in [0.15, 0.2) is 0 Å². The Kier molecular flexibility index (Phi) is 5.14. The van der Waals surface area contributed by atoms with Gasteiger partial charge in [0.1, 0.15) is 22.3 Å². The molecule has 0 aliphatic rings. The minimum atomic E-state index is 0.908. The smallest absolute Gasteiger partial charge is 0.136 e. The lowest BCUT2D eigenvalue weighted by Crippen LogP contribution is -1.88. The van der Waals surface area contributed by atoms with E-state index in [-0.39, 0.29) is 0 Å². The number of furan rings is 2. The maximum absolute atomic E-state index is 6.43. The molecule has 0 atom stereocenters. The van der Waals surface area contributed by atoms with E-state index >= 15 is 0 Å². The van der Waals surface area contributed by atoms with Crippen molar-refractivity contribution in [2.75, 3.05) is 0 Å². The van der Waals surface area contributed by atoms with Gasteiger partial charge < -0.3 is 8.83 Å². The average molecular weight is 611 g/mol. The Morgan fingerprint density at radius 2 is 0.667 bits per heavy atom. The molecule has 0 aliphatic carbocycles. The van der Waals surface area contributed by atoms with Crippen LogP contribution in [0.2, 0.25) is 0 Å². The van der Waals surface area contributed by atoms with Gasteiger partial charge in [0.25, 0.3) is 0 Å². The van der Waals surface area contributed by atoms with E-state index in [0.717, 1.165) is 43.9 Å². The van der Waals surface area contributed by atoms with Crippen molar-refractivity contribution in [3.05, 3.63) is 158 Å². The largest absolute Gasteiger partial charge is 0.456 e. The summed E-state index contributed by atoms with van der Waals surface area (Å²) < 4.78 is 12.9. The van der Waals surface area contributed by atoms with Gasteiger partial charge in [-0.1, -0.05) is 97.1 Å². The molecular weight excluding hydrogens is 585 g/mol. The van der Waals surface area contributed by atoms with E-state index in [1.165, 1.54) is 65.3 Å². The summed E-state index contributed by atoms with van der Waals surface area (Å²) in [6, 6.07) is 56.8. The van der Waals surface area contributed by atoms with Crippen LogP contribution in [-0.4, -0.2) is 0 Å². The lowest BCUT2D eigenvalue weighted by Gasteiger charge is -2.15. The summed E-state index contributed by atoms with van der Waals surface area (Å²) >= 11 is 0. The number of hydrogen-bond acceptors (Lipinski definition) is 2. The number of benzene rings is 9. The molecule has 0 fully saturated rings. The summed E-state index contributed by atoms with van der Waals surface area (Å²) in [5.74, 6) is 0. The molecule has 0 saturated heterocycles. The monoisotopic (exact) mass is 610 g/mol. The highest BCUT2D eigenvalue weighted by Gasteiger charge is 2.18. The van der Waals surface area contributed by atoms with Crippen LogP contribution < -0.4 is 0 Å². The molecule has 2 heteroatoms. The zero-order chi connectivity index (χ0) is 31.3. The van der Waals surface area contributed by atoms with Crippen LogP contribution in [0.25, 0.3) is 109 Å². The number of para-hydroxylation sites is 2. The fourth-order valence-corrected chi connectivity index (χ4v) is 7.95. The molecule has 0 unspecified atom stereocenters. The van der Waals surface area contributed by atoms with E-state index < -0.39 is 0 Å². The molecule has 0 bridgehead atoms. The van der Waals surface area contributed by atoms with E-state index in [9.17, 15) is 0 Å². The van der Waals surface area contributed by atoms with Crippen LogP contribution in [0.15, 0.2) is 167 Å². The fraction of sp³-hybridized carbons (Fsp3) is 0. The Labute approximate surface area is 275 Å². The van der Waals surface area contributed by atoms with E-state index in [4.69, 9.17) is 8.83 Å². The van der Waals surface area contributed by atoms with Gasteiger partial charge in [0.2, 0.25) is 0 Å². The highest BCUT2D eigenvalue weighted by Crippen LogP contribution is 2.44. The average Bonchev–Trinajstić information content (AvgIpc) is 3.70. The standard InChI is InChI=1S/C46H26O2/c1-3-11-27(12-4-1)33-19-29-21-36-30(22-35(29)39-25-45-41(23-37(33)39)31-15-7-9-17-43(31)47-45)20-34(28-13-5-2-6-14-28)38-24-42-32-16-8-10-18-44(32)48-46(42)26-40(36)38/h1-26H. The molecule has 222 valence electrons. The lowest BCUT2D eigenvalue weighted by molar-refractivity contribution is 0.669. The van der Waals surface area contributed by atoms with Gasteiger partial charge in [-0.2, -0.15) is 0 Å². The van der Waals surface area contributed by atoms with Crippen molar-refractivity contribution in [1.29, 1.82) is 0 Å². The Bertz CT molecular complexity index is 2880. The Morgan fingerprint density at radius 1 is 0.250 bits per heavy atom. The summed E-state index contributed by atoms with van der Waals surface area (Å²) in [4.78, 5) is 0. The van der Waals surface area contributed by atoms with Crippen molar-refractivity contribution in [3.8, 4) is 22.3 Å². The SMILES string of the molecule is c1ccc(-c2cc3cc4c(cc(-c5ccccc5)c5cc6c(cc54)oc4ccccc46)cc3c3cc4oc5ccccc5c4cc23)cc1. The Balaban J connectivity index is 1.31. The van der Waals surface area contributed by atoms with Gasteiger partial charge >= 0.3 is 0 Å². The first-order chi connectivity index (χ1) is 23.8. The molecule has 11 aromatic rings. The van der Waals surface area contributed by atoms with E-state index in [1.807, 2.05) is 12.1 Å². The third-order valence-corrected chi connectivity index (χ3v) is 10.2. The second-order valence-electron chi connectivity index (χ2n) is 12.9. The molecule has 0 radical (unpaired) electrons. The van der Waals surface area contributed by atoms with Crippen LogP contribution in [0.1, 0.15) is 0 Å². The van der Waals surface area contributed by atoms with E-state index in [1.54, 1.807) is 0 Å². The molecule has 0 N–H and O–H groups in total. The molecule has 2 aromatic heterocycles. The van der Waals surface area contributed by atoms with Gasteiger partial charge in [-0.05, 0) is 126 Å². The zero-order valence-electron chi connectivity index (χ0n) is 25.8. The molecular formula is C46H26O2. The van der Waals surface area contributed by atoms with Crippen molar-refractivity contribution < 1.29 is 8.83 Å². The quantitative estimate of drug-likeness (QED) is 0.144. The molecule has 48 heavy (non-hydrogen) atoms. The molecule has 2 nitrogen and oxygen atoms in total. The van der Waals surface area contributed by atoms with Crippen molar-refractivity contribution in [2.45, 2.75) is 0 Å². The van der Waals surface area contributed by atoms with Gasteiger partial charge in [-0.3, -0.25) is 0 Å². The highest BCUT2D eigenvalue weighted by molar-refractivity contribution is 6.26. The summed E-state index contributed by atoms with van der Waals surface area (Å²) in [5, 5.41) is 14.2. The fourth-order valence-electron chi connectivity index (χ4n) is 7.95. The first-order valence-electron chi connectivity index (χ1n) is 16.4. The first-order valence-corrected chi connectivity index (χ1v) is 16.4. The minimum absolute atomic E-state index is 0.908. The number of fused-ring (bicyclic) bond motifs is 12. The van der Waals surface area contributed by atoms with Crippen LogP contribution in [0, 0.1) is 0 Å². The van der Waals surface area contributed by atoms with Crippen LogP contribution in [0.3, 0.4) is 0 Å². The summed E-state index contributed by atoms with van der Waals surface area (Å²) in [6.45, 7) is 0. The molecule has 0 spiro atoms. The van der Waals surface area contributed by atoms with Gasteiger partial charge in [0, 0.05) is 21.5 Å². The normalized spacial score (nSPS) is 12.2. The molecule has 0 aliphatic heterocycles. The minimum Gasteiger partial charge on any atom is -0.456 e. The predicted octanol–water partition coefficient (Wildman–Crippen LogP) is 13.4. The third-order valence-electron chi connectivity index (χ3n) is 10.2. The predicted molar refractivity (Wildman–Crippen MR) is 202 cm³/mol. The second-order valence-corrected chi connectivity index (χ2v) is 12.9. The first kappa shape index (κ1) is 25.8. The Morgan fingerprint density at radius 3 is 1.12 bits per heavy atom. The number of rotatable bonds is 2. The van der Waals surface area contributed by atoms with Crippen LogP contribution in [0.5, 0.6) is 0 Å². The third kappa shape index (κ3) is 3.63. The topological polar surface area (TPSA) is 26.3 Å².